The zero-order valence-electron chi connectivity index (χ0n) is 9.98. The first-order valence-corrected chi connectivity index (χ1v) is 7.38. The number of rotatable bonds is 5. The van der Waals surface area contributed by atoms with Crippen molar-refractivity contribution >= 4 is 11.8 Å². The van der Waals surface area contributed by atoms with Crippen LogP contribution < -0.4 is 5.32 Å². The van der Waals surface area contributed by atoms with Gasteiger partial charge in [-0.15, -0.1) is 11.8 Å². The Kier molecular flexibility index (Phi) is 3.16. The van der Waals surface area contributed by atoms with E-state index in [0.717, 1.165) is 18.7 Å². The number of aliphatic hydroxyl groups is 1. The number of hydrogen-bond acceptors (Lipinski definition) is 3. The van der Waals surface area contributed by atoms with Crippen molar-refractivity contribution in [2.24, 2.45) is 5.41 Å². The van der Waals surface area contributed by atoms with E-state index in [1.807, 2.05) is 11.8 Å². The molecule has 3 heteroatoms. The van der Waals surface area contributed by atoms with E-state index < -0.39 is 0 Å². The average molecular weight is 249 g/mol. The second-order valence-corrected chi connectivity index (χ2v) is 6.32. The standard InChI is InChI=1S/C14H19NOS/c16-8-7-14(5-6-14)10-15-12-9-17-13-4-2-1-3-11(12)13/h1-4,12,15-16H,5-10H2. The maximum absolute atomic E-state index is 9.06. The molecule has 1 unspecified atom stereocenters. The summed E-state index contributed by atoms with van der Waals surface area (Å²) in [4.78, 5) is 1.43. The van der Waals surface area contributed by atoms with Crippen molar-refractivity contribution in [3.05, 3.63) is 29.8 Å². The first kappa shape index (κ1) is 11.6. The van der Waals surface area contributed by atoms with Crippen LogP contribution >= 0.6 is 11.8 Å². The fraction of sp³-hybridized carbons (Fsp3) is 0.571. The van der Waals surface area contributed by atoms with E-state index in [0.29, 0.717) is 18.1 Å². The fourth-order valence-electron chi connectivity index (χ4n) is 2.60. The van der Waals surface area contributed by atoms with Crippen molar-refractivity contribution in [2.45, 2.75) is 30.2 Å². The van der Waals surface area contributed by atoms with Crippen molar-refractivity contribution in [1.82, 2.24) is 5.32 Å². The summed E-state index contributed by atoms with van der Waals surface area (Å²) in [6.45, 7) is 1.39. The molecule has 1 saturated carbocycles. The Bertz CT molecular complexity index is 403. The van der Waals surface area contributed by atoms with Gasteiger partial charge >= 0.3 is 0 Å². The molecule has 0 bridgehead atoms. The minimum absolute atomic E-state index is 0.331. The molecule has 2 N–H and O–H groups in total. The van der Waals surface area contributed by atoms with Crippen LogP contribution in [-0.4, -0.2) is 24.0 Å². The molecule has 3 rings (SSSR count). The SMILES string of the molecule is OCCC1(CNC2CSc3ccccc32)CC1. The molecule has 1 atom stereocenters. The molecule has 1 heterocycles. The van der Waals surface area contributed by atoms with Gasteiger partial charge in [0.15, 0.2) is 0 Å². The van der Waals surface area contributed by atoms with Crippen LogP contribution in [0.25, 0.3) is 0 Å². The normalized spacial score (nSPS) is 24.6. The van der Waals surface area contributed by atoms with Gasteiger partial charge in [0.05, 0.1) is 0 Å². The third-order valence-electron chi connectivity index (χ3n) is 4.02. The summed E-state index contributed by atoms with van der Waals surface area (Å²) >= 11 is 1.95. The van der Waals surface area contributed by atoms with E-state index in [1.54, 1.807) is 0 Å². The van der Waals surface area contributed by atoms with Crippen LogP contribution in [0.5, 0.6) is 0 Å². The van der Waals surface area contributed by atoms with Gasteiger partial charge in [0.2, 0.25) is 0 Å². The molecule has 0 aromatic heterocycles. The van der Waals surface area contributed by atoms with Gasteiger partial charge in [-0.1, -0.05) is 18.2 Å². The van der Waals surface area contributed by atoms with Crippen LogP contribution in [0.15, 0.2) is 29.2 Å². The lowest BCUT2D eigenvalue weighted by Gasteiger charge is -2.19. The molecule has 0 radical (unpaired) electrons. The van der Waals surface area contributed by atoms with Crippen molar-refractivity contribution in [2.75, 3.05) is 18.9 Å². The molecule has 1 aliphatic heterocycles. The highest BCUT2D eigenvalue weighted by Crippen LogP contribution is 2.48. The first-order valence-electron chi connectivity index (χ1n) is 6.39. The summed E-state index contributed by atoms with van der Waals surface area (Å²) in [5.41, 5.74) is 1.87. The van der Waals surface area contributed by atoms with E-state index in [-0.39, 0.29) is 0 Å². The Morgan fingerprint density at radius 2 is 2.18 bits per heavy atom. The molecule has 2 aliphatic rings. The molecular weight excluding hydrogens is 230 g/mol. The van der Waals surface area contributed by atoms with E-state index in [2.05, 4.69) is 29.6 Å². The molecule has 92 valence electrons. The van der Waals surface area contributed by atoms with Crippen LogP contribution in [0.2, 0.25) is 0 Å². The van der Waals surface area contributed by atoms with Gasteiger partial charge in [-0.3, -0.25) is 0 Å². The molecule has 1 aliphatic carbocycles. The van der Waals surface area contributed by atoms with Gasteiger partial charge in [0.1, 0.15) is 0 Å². The Labute approximate surface area is 107 Å². The van der Waals surface area contributed by atoms with Crippen LogP contribution in [0.3, 0.4) is 0 Å². The molecule has 1 fully saturated rings. The summed E-state index contributed by atoms with van der Waals surface area (Å²) < 4.78 is 0. The van der Waals surface area contributed by atoms with Crippen molar-refractivity contribution < 1.29 is 5.11 Å². The molecule has 17 heavy (non-hydrogen) atoms. The topological polar surface area (TPSA) is 32.3 Å². The van der Waals surface area contributed by atoms with E-state index >= 15 is 0 Å². The molecular formula is C14H19NOS. The van der Waals surface area contributed by atoms with Crippen LogP contribution in [-0.2, 0) is 0 Å². The van der Waals surface area contributed by atoms with E-state index in [1.165, 1.54) is 23.3 Å². The second kappa shape index (κ2) is 4.63. The third-order valence-corrected chi connectivity index (χ3v) is 5.21. The van der Waals surface area contributed by atoms with Gasteiger partial charge < -0.3 is 10.4 Å². The number of nitrogens with one attached hydrogen (secondary N) is 1. The number of fused-ring (bicyclic) bond motifs is 1. The monoisotopic (exact) mass is 249 g/mol. The van der Waals surface area contributed by atoms with Crippen LogP contribution in [0.4, 0.5) is 0 Å². The largest absolute Gasteiger partial charge is 0.396 e. The van der Waals surface area contributed by atoms with Crippen molar-refractivity contribution in [3.63, 3.8) is 0 Å². The van der Waals surface area contributed by atoms with E-state index in [4.69, 9.17) is 5.11 Å². The quantitative estimate of drug-likeness (QED) is 0.841. The highest BCUT2D eigenvalue weighted by Gasteiger charge is 2.42. The number of thioether (sulfide) groups is 1. The first-order chi connectivity index (χ1) is 8.33. The molecule has 0 amide bonds. The molecule has 1 aromatic carbocycles. The van der Waals surface area contributed by atoms with Crippen molar-refractivity contribution in [1.29, 1.82) is 0 Å². The summed E-state index contributed by atoms with van der Waals surface area (Å²) in [6, 6.07) is 9.19. The van der Waals surface area contributed by atoms with Gasteiger partial charge in [0.25, 0.3) is 0 Å². The predicted molar refractivity (Wildman–Crippen MR) is 71.3 cm³/mol. The maximum atomic E-state index is 9.06. The maximum Gasteiger partial charge on any atom is 0.0436 e. The molecule has 0 spiro atoms. The second-order valence-electron chi connectivity index (χ2n) is 5.26. The zero-order chi connectivity index (χ0) is 11.7. The lowest BCUT2D eigenvalue weighted by Crippen LogP contribution is -2.29. The summed E-state index contributed by atoms with van der Waals surface area (Å²) in [6.07, 6.45) is 3.52. The fourth-order valence-corrected chi connectivity index (χ4v) is 3.80. The molecule has 0 saturated heterocycles. The summed E-state index contributed by atoms with van der Waals surface area (Å²) in [5, 5.41) is 12.8. The Morgan fingerprint density at radius 1 is 1.35 bits per heavy atom. The number of benzene rings is 1. The van der Waals surface area contributed by atoms with Crippen LogP contribution in [0, 0.1) is 5.41 Å². The lowest BCUT2D eigenvalue weighted by molar-refractivity contribution is 0.243. The third kappa shape index (κ3) is 2.37. The van der Waals surface area contributed by atoms with E-state index in [9.17, 15) is 0 Å². The molecule has 2 nitrogen and oxygen atoms in total. The Balaban J connectivity index is 1.61. The zero-order valence-corrected chi connectivity index (χ0v) is 10.8. The van der Waals surface area contributed by atoms with Crippen LogP contribution in [0.1, 0.15) is 30.9 Å². The van der Waals surface area contributed by atoms with Gasteiger partial charge in [-0.25, -0.2) is 0 Å². The van der Waals surface area contributed by atoms with Crippen molar-refractivity contribution in [3.8, 4) is 0 Å². The van der Waals surface area contributed by atoms with Gasteiger partial charge in [-0.2, -0.15) is 0 Å². The highest BCUT2D eigenvalue weighted by molar-refractivity contribution is 7.99. The summed E-state index contributed by atoms with van der Waals surface area (Å²) in [7, 11) is 0. The highest BCUT2D eigenvalue weighted by atomic mass is 32.2. The Hall–Kier alpha value is -0.510. The minimum atomic E-state index is 0.331. The predicted octanol–water partition coefficient (Wildman–Crippen LogP) is 2.59. The minimum Gasteiger partial charge on any atom is -0.396 e. The number of hydrogen-bond donors (Lipinski definition) is 2. The molecule has 1 aromatic rings. The average Bonchev–Trinajstić information content (AvgIpc) is 3.00. The lowest BCUT2D eigenvalue weighted by atomic mass is 10.0. The van der Waals surface area contributed by atoms with Gasteiger partial charge in [0, 0.05) is 29.8 Å². The smallest absolute Gasteiger partial charge is 0.0436 e. The Morgan fingerprint density at radius 3 is 2.94 bits per heavy atom. The van der Waals surface area contributed by atoms with Gasteiger partial charge in [-0.05, 0) is 36.3 Å². The number of aliphatic hydroxyl groups excluding tert-OH is 1. The summed E-state index contributed by atoms with van der Waals surface area (Å²) in [5.74, 6) is 1.15.